The third-order valence-electron chi connectivity index (χ3n) is 4.33. The third-order valence-corrected chi connectivity index (χ3v) is 5.31. The molecular weight excluding hydrogens is 416 g/mol. The van der Waals surface area contributed by atoms with Gasteiger partial charge in [0.15, 0.2) is 5.65 Å². The number of nitrogens with zero attached hydrogens (tertiary/aromatic N) is 4. The second-order valence-electron chi connectivity index (χ2n) is 6.56. The number of carbonyl (C=O) groups is 1. The van der Waals surface area contributed by atoms with Crippen molar-refractivity contribution in [2.45, 2.75) is 24.8 Å². The molecule has 3 aromatic rings. The van der Waals surface area contributed by atoms with Crippen LogP contribution in [0.25, 0.3) is 11.0 Å². The average molecular weight is 435 g/mol. The molecule has 0 bridgehead atoms. The number of anilines is 1. The molecule has 0 aliphatic rings. The molecule has 0 saturated heterocycles. The summed E-state index contributed by atoms with van der Waals surface area (Å²) in [5.41, 5.74) is -1.05. The van der Waals surface area contributed by atoms with Gasteiger partial charge in [0.1, 0.15) is 27.9 Å². The lowest BCUT2D eigenvalue weighted by Gasteiger charge is -2.12. The molecule has 0 spiro atoms. The minimum Gasteiger partial charge on any atom is -0.323 e. The van der Waals surface area contributed by atoms with Crippen molar-refractivity contribution in [3.8, 4) is 0 Å². The largest absolute Gasteiger partial charge is 0.332 e. The van der Waals surface area contributed by atoms with Crippen molar-refractivity contribution >= 4 is 34.4 Å². The van der Waals surface area contributed by atoms with Crippen molar-refractivity contribution in [3.05, 3.63) is 56.5 Å². The standard InChI is InChI=1S/C19H19F2N5O3S/c1-4-5-13-23-16-15(18(28)26(3)19(29)25(16)2)17(24-13)30-9-14(27)22-12-7-6-10(20)8-11(12)21/h6-8H,4-5,9H2,1-3H3,(H,22,27). The molecule has 8 nitrogen and oxygen atoms in total. The molecule has 1 aromatic carbocycles. The molecule has 0 aliphatic carbocycles. The highest BCUT2D eigenvalue weighted by atomic mass is 32.2. The molecule has 0 atom stereocenters. The number of fused-ring (bicyclic) bond motifs is 1. The molecule has 1 amide bonds. The minimum atomic E-state index is -0.894. The summed E-state index contributed by atoms with van der Waals surface area (Å²) in [6.07, 6.45) is 1.28. The third kappa shape index (κ3) is 4.25. The zero-order chi connectivity index (χ0) is 22.0. The summed E-state index contributed by atoms with van der Waals surface area (Å²) in [4.78, 5) is 45.9. The van der Waals surface area contributed by atoms with Gasteiger partial charge in [0, 0.05) is 26.6 Å². The summed E-state index contributed by atoms with van der Waals surface area (Å²) in [7, 11) is 2.85. The summed E-state index contributed by atoms with van der Waals surface area (Å²) < 4.78 is 29.0. The highest BCUT2D eigenvalue weighted by Crippen LogP contribution is 2.23. The number of benzene rings is 1. The lowest BCUT2D eigenvalue weighted by molar-refractivity contribution is -0.113. The van der Waals surface area contributed by atoms with Gasteiger partial charge in [0.05, 0.1) is 11.4 Å². The van der Waals surface area contributed by atoms with Crippen LogP contribution in [-0.4, -0.2) is 30.8 Å². The van der Waals surface area contributed by atoms with Gasteiger partial charge in [-0.25, -0.2) is 23.5 Å². The number of hydrogen-bond acceptors (Lipinski definition) is 6. The maximum absolute atomic E-state index is 13.7. The Morgan fingerprint density at radius 1 is 1.17 bits per heavy atom. The Labute approximate surface area is 174 Å². The first-order chi connectivity index (χ1) is 14.2. The molecule has 30 heavy (non-hydrogen) atoms. The fourth-order valence-corrected chi connectivity index (χ4v) is 3.66. The number of halogens is 2. The van der Waals surface area contributed by atoms with E-state index in [0.717, 1.165) is 34.9 Å². The second kappa shape index (κ2) is 8.74. The zero-order valence-electron chi connectivity index (χ0n) is 16.5. The zero-order valence-corrected chi connectivity index (χ0v) is 17.3. The van der Waals surface area contributed by atoms with Crippen molar-refractivity contribution in [3.63, 3.8) is 0 Å². The quantitative estimate of drug-likeness (QED) is 0.470. The van der Waals surface area contributed by atoms with Gasteiger partial charge in [-0.2, -0.15) is 0 Å². The van der Waals surface area contributed by atoms with Gasteiger partial charge in [-0.1, -0.05) is 18.7 Å². The Hall–Kier alpha value is -3.08. The molecule has 0 fully saturated rings. The van der Waals surface area contributed by atoms with Gasteiger partial charge < -0.3 is 5.32 Å². The minimum absolute atomic E-state index is 0.130. The Balaban J connectivity index is 1.95. The normalized spacial score (nSPS) is 11.1. The van der Waals surface area contributed by atoms with E-state index >= 15 is 0 Å². The number of thioether (sulfide) groups is 1. The summed E-state index contributed by atoms with van der Waals surface area (Å²) in [6, 6.07) is 2.82. The Bertz CT molecular complexity index is 1260. The summed E-state index contributed by atoms with van der Waals surface area (Å²) in [6.45, 7) is 1.94. The maximum atomic E-state index is 13.7. The van der Waals surface area contributed by atoms with E-state index < -0.39 is 28.8 Å². The average Bonchev–Trinajstić information content (AvgIpc) is 2.71. The van der Waals surface area contributed by atoms with Crippen LogP contribution in [0.15, 0.2) is 32.8 Å². The number of hydrogen-bond donors (Lipinski definition) is 1. The van der Waals surface area contributed by atoms with E-state index in [1.54, 1.807) is 0 Å². The molecule has 2 heterocycles. The topological polar surface area (TPSA) is 98.9 Å². The number of aromatic nitrogens is 4. The molecule has 0 saturated carbocycles. The van der Waals surface area contributed by atoms with Crippen molar-refractivity contribution in [1.29, 1.82) is 0 Å². The van der Waals surface area contributed by atoms with E-state index in [2.05, 4.69) is 15.3 Å². The predicted molar refractivity (Wildman–Crippen MR) is 110 cm³/mol. The molecule has 3 rings (SSSR count). The first-order valence-electron chi connectivity index (χ1n) is 9.07. The monoisotopic (exact) mass is 435 g/mol. The molecule has 0 unspecified atom stereocenters. The first-order valence-corrected chi connectivity index (χ1v) is 10.1. The van der Waals surface area contributed by atoms with Crippen LogP contribution < -0.4 is 16.6 Å². The van der Waals surface area contributed by atoms with Crippen LogP contribution in [0.1, 0.15) is 19.2 Å². The van der Waals surface area contributed by atoms with Gasteiger partial charge in [-0.3, -0.25) is 18.7 Å². The van der Waals surface area contributed by atoms with Crippen LogP contribution in [0, 0.1) is 11.6 Å². The predicted octanol–water partition coefficient (Wildman–Crippen LogP) is 1.99. The van der Waals surface area contributed by atoms with Crippen LogP contribution in [-0.2, 0) is 25.3 Å². The maximum Gasteiger partial charge on any atom is 0.332 e. The fourth-order valence-electron chi connectivity index (χ4n) is 2.82. The van der Waals surface area contributed by atoms with Crippen LogP contribution in [0.4, 0.5) is 14.5 Å². The van der Waals surface area contributed by atoms with E-state index in [4.69, 9.17) is 0 Å². The van der Waals surface area contributed by atoms with E-state index in [-0.39, 0.29) is 27.5 Å². The molecule has 11 heteroatoms. The molecule has 2 aromatic heterocycles. The molecule has 1 N–H and O–H groups in total. The van der Waals surface area contributed by atoms with Gasteiger partial charge in [-0.15, -0.1) is 0 Å². The number of amides is 1. The summed E-state index contributed by atoms with van der Waals surface area (Å²) in [5, 5.41) is 2.75. The molecule has 0 radical (unpaired) electrons. The highest BCUT2D eigenvalue weighted by molar-refractivity contribution is 8.00. The van der Waals surface area contributed by atoms with Gasteiger partial charge >= 0.3 is 5.69 Å². The van der Waals surface area contributed by atoms with Crippen LogP contribution >= 0.6 is 11.8 Å². The van der Waals surface area contributed by atoms with Crippen molar-refractivity contribution in [2.75, 3.05) is 11.1 Å². The van der Waals surface area contributed by atoms with Crippen LogP contribution in [0.3, 0.4) is 0 Å². The van der Waals surface area contributed by atoms with Crippen molar-refractivity contribution < 1.29 is 13.6 Å². The van der Waals surface area contributed by atoms with Crippen LogP contribution in [0.5, 0.6) is 0 Å². The van der Waals surface area contributed by atoms with E-state index in [1.807, 2.05) is 6.92 Å². The fraction of sp³-hybridized carbons (Fsp3) is 0.316. The number of nitrogens with one attached hydrogen (secondary N) is 1. The molecule has 158 valence electrons. The Morgan fingerprint density at radius 3 is 2.57 bits per heavy atom. The summed E-state index contributed by atoms with van der Waals surface area (Å²) in [5.74, 6) is -1.94. The van der Waals surface area contributed by atoms with Gasteiger partial charge in [0.2, 0.25) is 5.91 Å². The highest BCUT2D eigenvalue weighted by Gasteiger charge is 2.18. The number of rotatable bonds is 6. The van der Waals surface area contributed by atoms with Gasteiger partial charge in [-0.05, 0) is 18.6 Å². The van der Waals surface area contributed by atoms with E-state index in [0.29, 0.717) is 18.3 Å². The van der Waals surface area contributed by atoms with Crippen molar-refractivity contribution in [2.24, 2.45) is 14.1 Å². The van der Waals surface area contributed by atoms with Crippen LogP contribution in [0.2, 0.25) is 0 Å². The number of carbonyl (C=O) groups excluding carboxylic acids is 1. The van der Waals surface area contributed by atoms with E-state index in [9.17, 15) is 23.2 Å². The molecular formula is C19H19F2N5O3S. The summed E-state index contributed by atoms with van der Waals surface area (Å²) >= 11 is 0.975. The van der Waals surface area contributed by atoms with Gasteiger partial charge in [0.25, 0.3) is 5.56 Å². The Kier molecular flexibility index (Phi) is 6.30. The second-order valence-corrected chi connectivity index (χ2v) is 7.52. The van der Waals surface area contributed by atoms with E-state index in [1.165, 1.54) is 18.7 Å². The Morgan fingerprint density at radius 2 is 1.90 bits per heavy atom. The smallest absolute Gasteiger partial charge is 0.323 e. The first kappa shape index (κ1) is 21.6. The van der Waals surface area contributed by atoms with Crippen molar-refractivity contribution in [1.82, 2.24) is 19.1 Å². The SMILES string of the molecule is CCCc1nc(SCC(=O)Nc2ccc(F)cc2F)c2c(=O)n(C)c(=O)n(C)c2n1. The lowest BCUT2D eigenvalue weighted by atomic mass is 10.3. The number of aryl methyl sites for hydroxylation is 2. The molecule has 0 aliphatic heterocycles. The lowest BCUT2D eigenvalue weighted by Crippen LogP contribution is -2.38.